The standard InChI is InChI=1S/C25H34N2O3/c1-7-24(3,4)19-14-20(25(5,6)8-2)21(30-15-22(26)28)13-18(19)16-11-9-10-12-17(16)23(27)29/h9-14H,7-8,15H2,1-6H3,(H2,26,28)(H2,27,29). The van der Waals surface area contributed by atoms with E-state index in [2.05, 4.69) is 47.6 Å². The molecule has 2 aromatic rings. The van der Waals surface area contributed by atoms with Crippen LogP contribution in [0, 0.1) is 0 Å². The molecule has 2 rings (SSSR count). The van der Waals surface area contributed by atoms with Crippen LogP contribution in [0.5, 0.6) is 5.75 Å². The summed E-state index contributed by atoms with van der Waals surface area (Å²) >= 11 is 0. The van der Waals surface area contributed by atoms with Crippen molar-refractivity contribution in [2.45, 2.75) is 65.2 Å². The predicted octanol–water partition coefficient (Wildman–Crippen LogP) is 4.69. The molecule has 0 saturated heterocycles. The molecule has 162 valence electrons. The van der Waals surface area contributed by atoms with Gasteiger partial charge in [0.05, 0.1) is 0 Å². The Balaban J connectivity index is 2.91. The minimum Gasteiger partial charge on any atom is -0.483 e. The number of hydrogen-bond donors (Lipinski definition) is 2. The first-order valence-corrected chi connectivity index (χ1v) is 10.4. The van der Waals surface area contributed by atoms with E-state index in [9.17, 15) is 9.59 Å². The van der Waals surface area contributed by atoms with Gasteiger partial charge in [-0.05, 0) is 52.5 Å². The van der Waals surface area contributed by atoms with E-state index in [1.54, 1.807) is 12.1 Å². The Kier molecular flexibility index (Phi) is 6.96. The summed E-state index contributed by atoms with van der Waals surface area (Å²) in [5, 5.41) is 0. The third-order valence-corrected chi connectivity index (χ3v) is 6.20. The third kappa shape index (κ3) is 4.84. The Labute approximate surface area is 179 Å². The highest BCUT2D eigenvalue weighted by Crippen LogP contribution is 2.44. The normalized spacial score (nSPS) is 11.9. The highest BCUT2D eigenvalue weighted by atomic mass is 16.5. The number of nitrogens with two attached hydrogens (primary N) is 2. The Bertz CT molecular complexity index is 945. The molecule has 0 atom stereocenters. The van der Waals surface area contributed by atoms with Crippen LogP contribution in [0.15, 0.2) is 36.4 Å². The van der Waals surface area contributed by atoms with Crippen molar-refractivity contribution in [3.63, 3.8) is 0 Å². The number of carbonyl (C=O) groups excluding carboxylic acids is 2. The molecule has 0 aromatic heterocycles. The highest BCUT2D eigenvalue weighted by molar-refractivity contribution is 6.00. The third-order valence-electron chi connectivity index (χ3n) is 6.20. The first-order chi connectivity index (χ1) is 13.9. The number of ether oxygens (including phenoxy) is 1. The van der Waals surface area contributed by atoms with E-state index < -0.39 is 11.8 Å². The first kappa shape index (κ1) is 23.5. The number of carbonyl (C=O) groups is 2. The van der Waals surface area contributed by atoms with Gasteiger partial charge in [-0.1, -0.05) is 65.8 Å². The van der Waals surface area contributed by atoms with Gasteiger partial charge in [-0.3, -0.25) is 9.59 Å². The van der Waals surface area contributed by atoms with Crippen molar-refractivity contribution >= 4 is 11.8 Å². The molecular formula is C25H34N2O3. The van der Waals surface area contributed by atoms with Crippen LogP contribution in [-0.2, 0) is 15.6 Å². The van der Waals surface area contributed by atoms with Crippen molar-refractivity contribution < 1.29 is 14.3 Å². The van der Waals surface area contributed by atoms with E-state index in [1.807, 2.05) is 18.2 Å². The van der Waals surface area contributed by atoms with Gasteiger partial charge >= 0.3 is 0 Å². The molecule has 0 aliphatic rings. The summed E-state index contributed by atoms with van der Waals surface area (Å²) < 4.78 is 5.86. The minimum absolute atomic E-state index is 0.152. The van der Waals surface area contributed by atoms with Gasteiger partial charge in [0, 0.05) is 11.1 Å². The maximum Gasteiger partial charge on any atom is 0.255 e. The van der Waals surface area contributed by atoms with E-state index in [0.717, 1.165) is 35.1 Å². The molecule has 0 aliphatic carbocycles. The van der Waals surface area contributed by atoms with E-state index >= 15 is 0 Å². The van der Waals surface area contributed by atoms with Crippen LogP contribution >= 0.6 is 0 Å². The zero-order valence-corrected chi connectivity index (χ0v) is 19.0. The smallest absolute Gasteiger partial charge is 0.255 e. The second kappa shape index (κ2) is 8.90. The van der Waals surface area contributed by atoms with Crippen molar-refractivity contribution in [2.75, 3.05) is 6.61 Å². The topological polar surface area (TPSA) is 95.4 Å². The molecule has 5 nitrogen and oxygen atoms in total. The first-order valence-electron chi connectivity index (χ1n) is 10.4. The summed E-state index contributed by atoms with van der Waals surface area (Å²) in [6.45, 7) is 12.7. The fourth-order valence-electron chi connectivity index (χ4n) is 3.47. The van der Waals surface area contributed by atoms with Crippen LogP contribution in [0.4, 0.5) is 0 Å². The highest BCUT2D eigenvalue weighted by Gasteiger charge is 2.30. The van der Waals surface area contributed by atoms with Crippen LogP contribution in [0.1, 0.15) is 75.9 Å². The molecule has 0 heterocycles. The number of benzene rings is 2. The lowest BCUT2D eigenvalue weighted by Gasteiger charge is -2.33. The van der Waals surface area contributed by atoms with Crippen molar-refractivity contribution in [3.8, 4) is 16.9 Å². The zero-order chi connectivity index (χ0) is 22.7. The molecular weight excluding hydrogens is 376 g/mol. The number of primary amides is 2. The van der Waals surface area contributed by atoms with Gasteiger partial charge in [-0.15, -0.1) is 0 Å². The Morgan fingerprint density at radius 1 is 0.867 bits per heavy atom. The van der Waals surface area contributed by atoms with E-state index in [0.29, 0.717) is 11.3 Å². The van der Waals surface area contributed by atoms with Crippen LogP contribution in [0.2, 0.25) is 0 Å². The van der Waals surface area contributed by atoms with Gasteiger partial charge in [-0.25, -0.2) is 0 Å². The SMILES string of the molecule is CCC(C)(C)c1cc(C(C)(C)CC)c(-c2ccccc2C(N)=O)cc1OCC(N)=O. The Morgan fingerprint density at radius 3 is 1.97 bits per heavy atom. The Morgan fingerprint density at radius 2 is 1.43 bits per heavy atom. The van der Waals surface area contributed by atoms with Crippen LogP contribution in [-0.4, -0.2) is 18.4 Å². The van der Waals surface area contributed by atoms with Gasteiger partial charge in [0.25, 0.3) is 5.91 Å². The van der Waals surface area contributed by atoms with Gasteiger partial charge in [-0.2, -0.15) is 0 Å². The lowest BCUT2D eigenvalue weighted by atomic mass is 9.73. The van der Waals surface area contributed by atoms with Gasteiger partial charge in [0.1, 0.15) is 5.75 Å². The molecule has 2 aromatic carbocycles. The van der Waals surface area contributed by atoms with E-state index in [-0.39, 0.29) is 17.4 Å². The summed E-state index contributed by atoms with van der Waals surface area (Å²) in [5.74, 6) is -0.415. The molecule has 5 heteroatoms. The minimum atomic E-state index is -0.535. The molecule has 0 unspecified atom stereocenters. The largest absolute Gasteiger partial charge is 0.483 e. The van der Waals surface area contributed by atoms with Crippen molar-refractivity contribution in [3.05, 3.63) is 53.1 Å². The maximum atomic E-state index is 12.1. The maximum absolute atomic E-state index is 12.1. The zero-order valence-electron chi connectivity index (χ0n) is 19.0. The van der Waals surface area contributed by atoms with Gasteiger partial charge in [0.15, 0.2) is 6.61 Å². The lowest BCUT2D eigenvalue weighted by molar-refractivity contribution is -0.119. The van der Waals surface area contributed by atoms with Crippen LogP contribution < -0.4 is 16.2 Å². The summed E-state index contributed by atoms with van der Waals surface area (Å²) in [6, 6.07) is 11.4. The molecule has 0 bridgehead atoms. The van der Waals surface area contributed by atoms with Crippen molar-refractivity contribution in [1.82, 2.24) is 0 Å². The molecule has 0 aliphatic heterocycles. The fourth-order valence-corrected chi connectivity index (χ4v) is 3.47. The van der Waals surface area contributed by atoms with Gasteiger partial charge < -0.3 is 16.2 Å². The summed E-state index contributed by atoms with van der Waals surface area (Å²) in [5.41, 5.74) is 14.9. The molecule has 4 N–H and O–H groups in total. The summed E-state index contributed by atoms with van der Waals surface area (Å²) in [7, 11) is 0. The fraction of sp³-hybridized carbons (Fsp3) is 0.440. The van der Waals surface area contributed by atoms with Crippen molar-refractivity contribution in [1.29, 1.82) is 0 Å². The number of rotatable bonds is 9. The number of hydrogen-bond acceptors (Lipinski definition) is 3. The predicted molar refractivity (Wildman–Crippen MR) is 122 cm³/mol. The lowest BCUT2D eigenvalue weighted by Crippen LogP contribution is -2.25. The molecule has 0 saturated carbocycles. The monoisotopic (exact) mass is 410 g/mol. The molecule has 0 radical (unpaired) electrons. The molecule has 0 spiro atoms. The molecule has 2 amide bonds. The molecule has 30 heavy (non-hydrogen) atoms. The van der Waals surface area contributed by atoms with Crippen LogP contribution in [0.25, 0.3) is 11.1 Å². The quantitative estimate of drug-likeness (QED) is 0.627. The molecule has 0 fully saturated rings. The summed E-state index contributed by atoms with van der Waals surface area (Å²) in [4.78, 5) is 23.5. The van der Waals surface area contributed by atoms with E-state index in [1.165, 1.54) is 0 Å². The van der Waals surface area contributed by atoms with Crippen LogP contribution in [0.3, 0.4) is 0 Å². The van der Waals surface area contributed by atoms with Crippen molar-refractivity contribution in [2.24, 2.45) is 11.5 Å². The summed E-state index contributed by atoms with van der Waals surface area (Å²) in [6.07, 6.45) is 1.80. The van der Waals surface area contributed by atoms with Gasteiger partial charge in [0.2, 0.25) is 5.91 Å². The Hall–Kier alpha value is -2.82. The average Bonchev–Trinajstić information content (AvgIpc) is 2.71. The second-order valence-electron chi connectivity index (χ2n) is 9.03. The average molecular weight is 411 g/mol. The van der Waals surface area contributed by atoms with E-state index in [4.69, 9.17) is 16.2 Å². The second-order valence-corrected chi connectivity index (χ2v) is 9.03. The number of amides is 2.